The number of aliphatic carboxylic acids is 1. The summed E-state index contributed by atoms with van der Waals surface area (Å²) >= 11 is 1.14. The third kappa shape index (κ3) is 4.25. The fourth-order valence-electron chi connectivity index (χ4n) is 1.39. The minimum atomic E-state index is -1.22. The molecule has 1 aromatic heterocycles. The van der Waals surface area contributed by atoms with E-state index in [4.69, 9.17) is 15.6 Å². The molecule has 4 N–H and O–H groups in total. The average Bonchev–Trinajstić information content (AvgIpc) is 2.81. The average molecular weight is 286 g/mol. The maximum absolute atomic E-state index is 11.9. The first-order valence-corrected chi connectivity index (χ1v) is 6.27. The van der Waals surface area contributed by atoms with Crippen LogP contribution in [0.2, 0.25) is 0 Å². The maximum atomic E-state index is 11.9. The molecule has 0 bridgehead atoms. The summed E-state index contributed by atoms with van der Waals surface area (Å²) in [5, 5.41) is 13.0. The lowest BCUT2D eigenvalue weighted by Gasteiger charge is -2.13. The Hall–Kier alpha value is -2.09. The number of methoxy groups -OCH3 is 1. The molecule has 7 nitrogen and oxygen atoms in total. The first-order valence-electron chi connectivity index (χ1n) is 5.39. The van der Waals surface area contributed by atoms with Crippen LogP contribution in [0.15, 0.2) is 11.4 Å². The van der Waals surface area contributed by atoms with Crippen LogP contribution in [0.3, 0.4) is 0 Å². The van der Waals surface area contributed by atoms with Crippen LogP contribution < -0.4 is 15.8 Å². The van der Waals surface area contributed by atoms with Gasteiger partial charge in [-0.3, -0.25) is 9.59 Å². The molecular weight excluding hydrogens is 272 g/mol. The number of carbonyl (C=O) groups is 3. The summed E-state index contributed by atoms with van der Waals surface area (Å²) in [5.74, 6) is -2.01. The number of ether oxygens (including phenoxy) is 1. The van der Waals surface area contributed by atoms with E-state index in [1.54, 1.807) is 11.4 Å². The predicted molar refractivity (Wildman–Crippen MR) is 68.2 cm³/mol. The topological polar surface area (TPSA) is 119 Å². The minimum Gasteiger partial charge on any atom is -0.495 e. The number of rotatable bonds is 7. The number of thiophene rings is 1. The Morgan fingerprint density at radius 1 is 1.53 bits per heavy atom. The van der Waals surface area contributed by atoms with Gasteiger partial charge in [-0.05, 0) is 17.9 Å². The van der Waals surface area contributed by atoms with E-state index in [-0.39, 0.29) is 17.7 Å². The molecule has 1 atom stereocenters. The van der Waals surface area contributed by atoms with Gasteiger partial charge in [0, 0.05) is 6.42 Å². The highest BCUT2D eigenvalue weighted by molar-refractivity contribution is 7.12. The van der Waals surface area contributed by atoms with Gasteiger partial charge in [-0.1, -0.05) is 0 Å². The number of hydrogen-bond acceptors (Lipinski definition) is 5. The molecule has 0 aliphatic rings. The lowest BCUT2D eigenvalue weighted by Crippen LogP contribution is -2.41. The lowest BCUT2D eigenvalue weighted by molar-refractivity contribution is -0.139. The van der Waals surface area contributed by atoms with Crippen molar-refractivity contribution in [3.05, 3.63) is 16.3 Å². The van der Waals surface area contributed by atoms with E-state index in [1.165, 1.54) is 7.11 Å². The zero-order valence-electron chi connectivity index (χ0n) is 10.2. The molecule has 2 amide bonds. The van der Waals surface area contributed by atoms with Crippen molar-refractivity contribution in [2.75, 3.05) is 7.11 Å². The Bertz CT molecular complexity index is 485. The van der Waals surface area contributed by atoms with Crippen molar-refractivity contribution < 1.29 is 24.2 Å². The molecule has 0 aliphatic carbocycles. The van der Waals surface area contributed by atoms with Gasteiger partial charge in [0.25, 0.3) is 5.91 Å². The van der Waals surface area contributed by atoms with E-state index in [9.17, 15) is 14.4 Å². The van der Waals surface area contributed by atoms with Crippen molar-refractivity contribution in [1.29, 1.82) is 0 Å². The fourth-order valence-corrected chi connectivity index (χ4v) is 2.15. The van der Waals surface area contributed by atoms with Crippen molar-refractivity contribution in [3.63, 3.8) is 0 Å². The normalized spacial score (nSPS) is 11.6. The number of hydrogen-bond donors (Lipinski definition) is 3. The van der Waals surface area contributed by atoms with Gasteiger partial charge in [0.15, 0.2) is 0 Å². The second-order valence-corrected chi connectivity index (χ2v) is 4.60. The SMILES string of the molecule is COc1ccsc1C(=O)NC(CCC(N)=O)C(=O)O. The van der Waals surface area contributed by atoms with Crippen molar-refractivity contribution in [2.45, 2.75) is 18.9 Å². The van der Waals surface area contributed by atoms with E-state index >= 15 is 0 Å². The molecule has 8 heteroatoms. The summed E-state index contributed by atoms with van der Waals surface area (Å²) in [6.45, 7) is 0. The van der Waals surface area contributed by atoms with Gasteiger partial charge in [0.2, 0.25) is 5.91 Å². The molecule has 0 aromatic carbocycles. The zero-order valence-corrected chi connectivity index (χ0v) is 11.0. The molecule has 0 saturated carbocycles. The highest BCUT2D eigenvalue weighted by Crippen LogP contribution is 2.24. The standard InChI is InChI=1S/C11H14N2O5S/c1-18-7-4-5-19-9(7)10(15)13-6(11(16)17)2-3-8(12)14/h4-6H,2-3H2,1H3,(H2,12,14)(H,13,15)(H,16,17). The molecule has 0 spiro atoms. The molecule has 0 radical (unpaired) electrons. The molecule has 1 heterocycles. The van der Waals surface area contributed by atoms with E-state index in [2.05, 4.69) is 5.32 Å². The lowest BCUT2D eigenvalue weighted by atomic mass is 10.1. The second kappa shape index (κ2) is 6.74. The van der Waals surface area contributed by atoms with Gasteiger partial charge in [-0.2, -0.15) is 0 Å². The maximum Gasteiger partial charge on any atom is 0.326 e. The Labute approximate surface area is 113 Å². The van der Waals surface area contributed by atoms with Gasteiger partial charge in [0.1, 0.15) is 16.7 Å². The van der Waals surface area contributed by atoms with E-state index in [1.807, 2.05) is 0 Å². The van der Waals surface area contributed by atoms with Crippen LogP contribution in [0.5, 0.6) is 5.75 Å². The van der Waals surface area contributed by atoms with Gasteiger partial charge >= 0.3 is 5.97 Å². The number of carboxylic acid groups (broad SMARTS) is 1. The predicted octanol–water partition coefficient (Wildman–Crippen LogP) is 0.205. The molecule has 0 fully saturated rings. The number of nitrogens with two attached hydrogens (primary N) is 1. The molecule has 104 valence electrons. The van der Waals surface area contributed by atoms with Gasteiger partial charge in [-0.25, -0.2) is 4.79 Å². The number of primary amides is 1. The summed E-state index contributed by atoms with van der Waals surface area (Å²) in [5.41, 5.74) is 4.95. The molecule has 0 saturated heterocycles. The third-order valence-electron chi connectivity index (χ3n) is 2.34. The number of nitrogens with one attached hydrogen (secondary N) is 1. The largest absolute Gasteiger partial charge is 0.495 e. The smallest absolute Gasteiger partial charge is 0.326 e. The summed E-state index contributed by atoms with van der Waals surface area (Å²) in [6.07, 6.45) is -0.164. The molecule has 1 aromatic rings. The quantitative estimate of drug-likeness (QED) is 0.662. The number of amides is 2. The van der Waals surface area contributed by atoms with Crippen molar-refractivity contribution in [3.8, 4) is 5.75 Å². The van der Waals surface area contributed by atoms with Crippen LogP contribution in [-0.4, -0.2) is 36.0 Å². The van der Waals surface area contributed by atoms with Crippen LogP contribution in [-0.2, 0) is 9.59 Å². The number of carbonyl (C=O) groups excluding carboxylic acids is 2. The first kappa shape index (κ1) is 15.0. The highest BCUT2D eigenvalue weighted by atomic mass is 32.1. The first-order chi connectivity index (χ1) is 8.95. The van der Waals surface area contributed by atoms with E-state index in [0.29, 0.717) is 5.75 Å². The van der Waals surface area contributed by atoms with E-state index in [0.717, 1.165) is 11.3 Å². The second-order valence-electron chi connectivity index (χ2n) is 3.69. The molecule has 0 aliphatic heterocycles. The van der Waals surface area contributed by atoms with Crippen LogP contribution in [0.1, 0.15) is 22.5 Å². The fraction of sp³-hybridized carbons (Fsp3) is 0.364. The van der Waals surface area contributed by atoms with Crippen molar-refractivity contribution >= 4 is 29.1 Å². The summed E-state index contributed by atoms with van der Waals surface area (Å²) < 4.78 is 4.97. The van der Waals surface area contributed by atoms with Crippen molar-refractivity contribution in [1.82, 2.24) is 5.32 Å². The Morgan fingerprint density at radius 3 is 2.74 bits per heavy atom. The number of carboxylic acids is 1. The Morgan fingerprint density at radius 2 is 2.21 bits per heavy atom. The third-order valence-corrected chi connectivity index (χ3v) is 3.23. The summed E-state index contributed by atoms with van der Waals surface area (Å²) in [6, 6.07) is 0.450. The van der Waals surface area contributed by atoms with Crippen LogP contribution in [0, 0.1) is 0 Å². The van der Waals surface area contributed by atoms with Gasteiger partial charge in [-0.15, -0.1) is 11.3 Å². The van der Waals surface area contributed by atoms with Crippen molar-refractivity contribution in [2.24, 2.45) is 5.73 Å². The van der Waals surface area contributed by atoms with Crippen LogP contribution in [0.4, 0.5) is 0 Å². The van der Waals surface area contributed by atoms with Crippen LogP contribution >= 0.6 is 11.3 Å². The van der Waals surface area contributed by atoms with Gasteiger partial charge in [0.05, 0.1) is 7.11 Å². The molecule has 19 heavy (non-hydrogen) atoms. The summed E-state index contributed by atoms with van der Waals surface area (Å²) in [4.78, 5) is 33.8. The summed E-state index contributed by atoms with van der Waals surface area (Å²) in [7, 11) is 1.42. The Balaban J connectivity index is 2.71. The highest BCUT2D eigenvalue weighted by Gasteiger charge is 2.23. The Kier molecular flexibility index (Phi) is 5.31. The molecule has 1 unspecified atom stereocenters. The van der Waals surface area contributed by atoms with Gasteiger partial charge < -0.3 is 20.9 Å². The zero-order chi connectivity index (χ0) is 14.4. The molecular formula is C11H14N2O5S. The molecule has 1 rings (SSSR count). The van der Waals surface area contributed by atoms with Crippen LogP contribution in [0.25, 0.3) is 0 Å². The van der Waals surface area contributed by atoms with E-state index < -0.39 is 23.8 Å². The monoisotopic (exact) mass is 286 g/mol. The minimum absolute atomic E-state index is 0.0515.